The molecule has 1 aliphatic rings. The van der Waals surface area contributed by atoms with E-state index < -0.39 is 0 Å². The summed E-state index contributed by atoms with van der Waals surface area (Å²) in [6.45, 7) is 7.33. The maximum absolute atomic E-state index is 5.61. The standard InChI is InChI=1S/C19H32N4/c1-14-8-9-19(15(2)11-14)23-16(3)22-13-18(23)12-17(21-4)7-5-6-10-20/h11,13,17,21H,5-10,12,20H2,1-4H3. The van der Waals surface area contributed by atoms with E-state index in [4.69, 9.17) is 5.73 Å². The lowest BCUT2D eigenvalue weighted by molar-refractivity contribution is 0.487. The normalized spacial score (nSPS) is 16.7. The summed E-state index contributed by atoms with van der Waals surface area (Å²) < 4.78 is 2.38. The molecule has 1 atom stereocenters. The molecule has 23 heavy (non-hydrogen) atoms. The second kappa shape index (κ2) is 8.46. The molecule has 0 saturated heterocycles. The minimum atomic E-state index is 0.484. The highest BCUT2D eigenvalue weighted by atomic mass is 15.1. The molecule has 1 aromatic rings. The number of nitrogens with zero attached hydrogens (tertiary/aromatic N) is 2. The van der Waals surface area contributed by atoms with Crippen LogP contribution in [0, 0.1) is 6.92 Å². The Morgan fingerprint density at radius 3 is 2.70 bits per heavy atom. The van der Waals surface area contributed by atoms with Gasteiger partial charge in [0.15, 0.2) is 0 Å². The van der Waals surface area contributed by atoms with Crippen molar-refractivity contribution in [2.24, 2.45) is 5.73 Å². The summed E-state index contributed by atoms with van der Waals surface area (Å²) >= 11 is 0. The molecule has 0 saturated carbocycles. The zero-order valence-corrected chi connectivity index (χ0v) is 15.2. The first-order chi connectivity index (χ1) is 11.1. The molecule has 128 valence electrons. The Labute approximate surface area is 140 Å². The Morgan fingerprint density at radius 2 is 2.04 bits per heavy atom. The topological polar surface area (TPSA) is 55.9 Å². The predicted molar refractivity (Wildman–Crippen MR) is 98.3 cm³/mol. The fourth-order valence-electron chi connectivity index (χ4n) is 3.47. The van der Waals surface area contributed by atoms with Gasteiger partial charge in [-0.3, -0.25) is 0 Å². The van der Waals surface area contributed by atoms with Crippen LogP contribution in [0.25, 0.3) is 5.70 Å². The van der Waals surface area contributed by atoms with Crippen molar-refractivity contribution in [1.82, 2.24) is 14.9 Å². The molecule has 4 nitrogen and oxygen atoms in total. The summed E-state index contributed by atoms with van der Waals surface area (Å²) in [6.07, 6.45) is 11.1. The van der Waals surface area contributed by atoms with Crippen molar-refractivity contribution in [3.63, 3.8) is 0 Å². The van der Waals surface area contributed by atoms with Gasteiger partial charge in [-0.2, -0.15) is 0 Å². The molecular formula is C19H32N4. The number of unbranched alkanes of at least 4 members (excludes halogenated alkanes) is 1. The molecule has 1 aliphatic carbocycles. The summed E-state index contributed by atoms with van der Waals surface area (Å²) in [7, 11) is 2.05. The van der Waals surface area contributed by atoms with Crippen molar-refractivity contribution in [3.8, 4) is 0 Å². The quantitative estimate of drug-likeness (QED) is 0.723. The van der Waals surface area contributed by atoms with Crippen molar-refractivity contribution in [1.29, 1.82) is 0 Å². The molecule has 1 aromatic heterocycles. The largest absolute Gasteiger partial charge is 0.330 e. The van der Waals surface area contributed by atoms with Crippen LogP contribution < -0.4 is 11.1 Å². The molecule has 0 amide bonds. The SMILES string of the molecule is CNC(CCCCN)Cc1cnc(C)n1C1=C(C)C=C(C)CC1. The van der Waals surface area contributed by atoms with E-state index in [1.165, 1.54) is 29.0 Å². The van der Waals surface area contributed by atoms with Gasteiger partial charge >= 0.3 is 0 Å². The number of nitrogens with two attached hydrogens (primary N) is 1. The minimum Gasteiger partial charge on any atom is -0.330 e. The van der Waals surface area contributed by atoms with Crippen LogP contribution in [0.4, 0.5) is 0 Å². The Morgan fingerprint density at radius 1 is 1.26 bits per heavy atom. The average molecular weight is 316 g/mol. The smallest absolute Gasteiger partial charge is 0.110 e. The predicted octanol–water partition coefficient (Wildman–Crippen LogP) is 3.42. The van der Waals surface area contributed by atoms with Crippen molar-refractivity contribution in [2.45, 2.75) is 65.3 Å². The third kappa shape index (κ3) is 4.55. The number of imidazole rings is 1. The van der Waals surface area contributed by atoms with E-state index in [1.54, 1.807) is 0 Å². The van der Waals surface area contributed by atoms with Gasteiger partial charge in [0.05, 0.1) is 0 Å². The van der Waals surface area contributed by atoms with Crippen molar-refractivity contribution in [3.05, 3.63) is 34.9 Å². The monoisotopic (exact) mass is 316 g/mol. The highest BCUT2D eigenvalue weighted by molar-refractivity contribution is 5.58. The molecule has 0 radical (unpaired) electrons. The van der Waals surface area contributed by atoms with E-state index in [0.717, 1.165) is 44.5 Å². The maximum Gasteiger partial charge on any atom is 0.110 e. The third-order valence-electron chi connectivity index (χ3n) is 4.83. The first-order valence-electron chi connectivity index (χ1n) is 8.84. The molecule has 1 heterocycles. The van der Waals surface area contributed by atoms with Crippen molar-refractivity contribution in [2.75, 3.05) is 13.6 Å². The van der Waals surface area contributed by atoms with E-state index in [1.807, 2.05) is 6.20 Å². The zero-order chi connectivity index (χ0) is 16.8. The van der Waals surface area contributed by atoms with Gasteiger partial charge in [-0.25, -0.2) is 4.98 Å². The van der Waals surface area contributed by atoms with Crippen LogP contribution in [0.5, 0.6) is 0 Å². The van der Waals surface area contributed by atoms with Crippen LogP contribution in [0.15, 0.2) is 23.4 Å². The Bertz CT molecular complexity index is 580. The van der Waals surface area contributed by atoms with Gasteiger partial charge in [0.1, 0.15) is 5.82 Å². The number of aromatic nitrogens is 2. The lowest BCUT2D eigenvalue weighted by Crippen LogP contribution is -2.29. The van der Waals surface area contributed by atoms with Crippen LogP contribution in [0.3, 0.4) is 0 Å². The fraction of sp³-hybridized carbons (Fsp3) is 0.632. The van der Waals surface area contributed by atoms with E-state index in [2.05, 4.69) is 48.8 Å². The van der Waals surface area contributed by atoms with Crippen LogP contribution in [-0.4, -0.2) is 29.2 Å². The van der Waals surface area contributed by atoms with Crippen LogP contribution in [0.1, 0.15) is 57.5 Å². The highest BCUT2D eigenvalue weighted by Crippen LogP contribution is 2.29. The number of hydrogen-bond acceptors (Lipinski definition) is 3. The molecule has 0 spiro atoms. The number of aryl methyl sites for hydroxylation is 1. The summed E-state index contributed by atoms with van der Waals surface area (Å²) in [4.78, 5) is 4.59. The number of likely N-dealkylation sites (N-methyl/N-ethyl adjacent to an activating group) is 1. The molecule has 1 unspecified atom stereocenters. The molecule has 4 heteroatoms. The van der Waals surface area contributed by atoms with E-state index in [0.29, 0.717) is 6.04 Å². The molecule has 3 N–H and O–H groups in total. The number of hydrogen-bond donors (Lipinski definition) is 2. The van der Waals surface area contributed by atoms with Gasteiger partial charge < -0.3 is 15.6 Å². The number of nitrogens with one attached hydrogen (secondary N) is 1. The second-order valence-electron chi connectivity index (χ2n) is 6.73. The summed E-state index contributed by atoms with van der Waals surface area (Å²) in [5.41, 5.74) is 11.2. The van der Waals surface area contributed by atoms with E-state index in [9.17, 15) is 0 Å². The first kappa shape index (κ1) is 18.0. The lowest BCUT2D eigenvalue weighted by atomic mass is 9.97. The molecule has 0 bridgehead atoms. The fourth-order valence-corrected chi connectivity index (χ4v) is 3.47. The molecule has 0 fully saturated rings. The van der Waals surface area contributed by atoms with Gasteiger partial charge in [-0.15, -0.1) is 0 Å². The van der Waals surface area contributed by atoms with Gasteiger partial charge in [-0.05, 0) is 65.6 Å². The summed E-state index contributed by atoms with van der Waals surface area (Å²) in [5, 5.41) is 3.46. The maximum atomic E-state index is 5.61. The molecule has 2 rings (SSSR count). The zero-order valence-electron chi connectivity index (χ0n) is 15.2. The Kier molecular flexibility index (Phi) is 6.60. The van der Waals surface area contributed by atoms with Crippen LogP contribution >= 0.6 is 0 Å². The second-order valence-corrected chi connectivity index (χ2v) is 6.73. The highest BCUT2D eigenvalue weighted by Gasteiger charge is 2.18. The van der Waals surface area contributed by atoms with Crippen molar-refractivity contribution >= 4 is 5.70 Å². The van der Waals surface area contributed by atoms with Crippen LogP contribution in [-0.2, 0) is 6.42 Å². The number of allylic oxidation sites excluding steroid dienone is 4. The first-order valence-corrected chi connectivity index (χ1v) is 8.84. The van der Waals surface area contributed by atoms with E-state index >= 15 is 0 Å². The van der Waals surface area contributed by atoms with Gasteiger partial charge in [-0.1, -0.05) is 18.1 Å². The molecule has 0 aromatic carbocycles. The van der Waals surface area contributed by atoms with Gasteiger partial charge in [0.2, 0.25) is 0 Å². The summed E-state index contributed by atoms with van der Waals surface area (Å²) in [5.74, 6) is 1.10. The number of rotatable bonds is 8. The Hall–Kier alpha value is -1.39. The van der Waals surface area contributed by atoms with Crippen LogP contribution in [0.2, 0.25) is 0 Å². The van der Waals surface area contributed by atoms with E-state index in [-0.39, 0.29) is 0 Å². The average Bonchev–Trinajstić information content (AvgIpc) is 2.87. The molecule has 0 aliphatic heterocycles. The third-order valence-corrected chi connectivity index (χ3v) is 4.83. The Balaban J connectivity index is 2.20. The lowest BCUT2D eigenvalue weighted by Gasteiger charge is -2.23. The minimum absolute atomic E-state index is 0.484. The van der Waals surface area contributed by atoms with Gasteiger partial charge in [0, 0.05) is 30.1 Å². The summed E-state index contributed by atoms with van der Waals surface area (Å²) in [6, 6.07) is 0.484. The van der Waals surface area contributed by atoms with Gasteiger partial charge in [0.25, 0.3) is 0 Å². The van der Waals surface area contributed by atoms with Crippen molar-refractivity contribution < 1.29 is 0 Å². The molecular weight excluding hydrogens is 284 g/mol.